The van der Waals surface area contributed by atoms with Crippen molar-refractivity contribution in [2.24, 2.45) is 0 Å². The minimum absolute atomic E-state index is 0.0116. The molecule has 0 aliphatic carbocycles. The van der Waals surface area contributed by atoms with Crippen LogP contribution in [0, 0.1) is 0 Å². The van der Waals surface area contributed by atoms with Crippen LogP contribution in [0.3, 0.4) is 0 Å². The second kappa shape index (κ2) is 6.60. The molecule has 0 radical (unpaired) electrons. The molecule has 0 bridgehead atoms. The van der Waals surface area contributed by atoms with E-state index in [1.54, 1.807) is 11.3 Å². The molecule has 0 amide bonds. The van der Waals surface area contributed by atoms with Gasteiger partial charge in [0.1, 0.15) is 0 Å². The minimum atomic E-state index is 0.0116. The highest BCUT2D eigenvalue weighted by atomic mass is 35.5. The predicted molar refractivity (Wildman–Crippen MR) is 88.9 cm³/mol. The van der Waals surface area contributed by atoms with E-state index in [9.17, 15) is 0 Å². The molecule has 0 unspecified atom stereocenters. The van der Waals surface area contributed by atoms with Crippen LogP contribution in [-0.2, 0) is 6.54 Å². The normalized spacial score (nSPS) is 12.7. The maximum atomic E-state index is 6.21. The monoisotopic (exact) mass is 333 g/mol. The number of nitrogens with zero attached hydrogens (tertiary/aromatic N) is 3. The maximum Gasteiger partial charge on any atom is 0.257 e. The van der Waals surface area contributed by atoms with Crippen molar-refractivity contribution in [2.75, 3.05) is 7.05 Å². The third-order valence-corrected chi connectivity index (χ3v) is 4.80. The molecule has 0 spiro atoms. The fraction of sp³-hybridized carbons (Fsp3) is 0.250. The summed E-state index contributed by atoms with van der Waals surface area (Å²) in [5, 5.41) is 11.1. The number of hydrogen-bond donors (Lipinski definition) is 0. The van der Waals surface area contributed by atoms with Gasteiger partial charge in [-0.3, -0.25) is 4.90 Å². The summed E-state index contributed by atoms with van der Waals surface area (Å²) in [7, 11) is 2.02. The highest BCUT2D eigenvalue weighted by molar-refractivity contribution is 7.13. The molecule has 0 N–H and O–H groups in total. The Labute approximate surface area is 138 Å². The molecule has 22 heavy (non-hydrogen) atoms. The second-order valence-electron chi connectivity index (χ2n) is 5.11. The molecule has 3 rings (SSSR count). The largest absolute Gasteiger partial charge is 0.418 e. The Morgan fingerprint density at radius 3 is 2.77 bits per heavy atom. The average molecular weight is 334 g/mol. The Morgan fingerprint density at radius 2 is 2.05 bits per heavy atom. The molecule has 1 aromatic carbocycles. The molecule has 2 heterocycles. The van der Waals surface area contributed by atoms with Gasteiger partial charge < -0.3 is 4.42 Å². The van der Waals surface area contributed by atoms with Crippen molar-refractivity contribution < 1.29 is 4.42 Å². The van der Waals surface area contributed by atoms with E-state index >= 15 is 0 Å². The maximum absolute atomic E-state index is 6.21. The lowest BCUT2D eigenvalue weighted by molar-refractivity contribution is 0.218. The van der Waals surface area contributed by atoms with Gasteiger partial charge in [0.05, 0.1) is 10.9 Å². The number of rotatable bonds is 5. The topological polar surface area (TPSA) is 42.2 Å². The Bertz CT molecular complexity index is 741. The summed E-state index contributed by atoms with van der Waals surface area (Å²) in [6.45, 7) is 2.76. The van der Waals surface area contributed by atoms with Crippen molar-refractivity contribution in [3.8, 4) is 10.8 Å². The number of thiophene rings is 1. The van der Waals surface area contributed by atoms with Crippen molar-refractivity contribution >= 4 is 22.9 Å². The van der Waals surface area contributed by atoms with Crippen LogP contribution in [0.5, 0.6) is 0 Å². The molecule has 1 atom stereocenters. The van der Waals surface area contributed by atoms with Crippen LogP contribution in [0.25, 0.3) is 10.8 Å². The first-order valence-corrected chi connectivity index (χ1v) is 8.22. The summed E-state index contributed by atoms with van der Waals surface area (Å²) in [5.41, 5.74) is 1.08. The van der Waals surface area contributed by atoms with E-state index in [4.69, 9.17) is 16.0 Å². The average Bonchev–Trinajstić information content (AvgIpc) is 3.19. The van der Waals surface area contributed by atoms with Gasteiger partial charge in [-0.05, 0) is 37.0 Å². The van der Waals surface area contributed by atoms with E-state index in [0.717, 1.165) is 22.0 Å². The van der Waals surface area contributed by atoms with Gasteiger partial charge in [-0.2, -0.15) is 0 Å². The van der Waals surface area contributed by atoms with Crippen molar-refractivity contribution in [3.63, 3.8) is 0 Å². The molecule has 4 nitrogen and oxygen atoms in total. The molecule has 114 valence electrons. The van der Waals surface area contributed by atoms with Gasteiger partial charge in [0.25, 0.3) is 5.89 Å². The van der Waals surface area contributed by atoms with Crippen LogP contribution in [0.2, 0.25) is 5.02 Å². The molecule has 0 aliphatic heterocycles. The van der Waals surface area contributed by atoms with E-state index in [0.29, 0.717) is 11.8 Å². The van der Waals surface area contributed by atoms with Crippen molar-refractivity contribution in [1.82, 2.24) is 15.1 Å². The molecular formula is C16H16ClN3OS. The van der Waals surface area contributed by atoms with E-state index in [2.05, 4.69) is 15.1 Å². The Hall–Kier alpha value is -1.69. The van der Waals surface area contributed by atoms with E-state index in [1.807, 2.05) is 55.7 Å². The van der Waals surface area contributed by atoms with Crippen LogP contribution in [0.15, 0.2) is 46.2 Å². The molecule has 3 aromatic rings. The van der Waals surface area contributed by atoms with Gasteiger partial charge in [-0.25, -0.2) is 0 Å². The molecule has 0 saturated carbocycles. The third kappa shape index (κ3) is 3.21. The lowest BCUT2D eigenvalue weighted by atomic mass is 10.2. The summed E-state index contributed by atoms with van der Waals surface area (Å²) >= 11 is 7.80. The highest BCUT2D eigenvalue weighted by Gasteiger charge is 2.20. The standard InChI is InChI=1S/C16H16ClN3OS/c1-11(20(2)10-12-6-3-4-7-13(12)17)15-18-19-16(21-15)14-8-5-9-22-14/h3-9,11H,10H2,1-2H3/t11-/m1/s1. The van der Waals surface area contributed by atoms with E-state index in [1.165, 1.54) is 0 Å². The van der Waals surface area contributed by atoms with Gasteiger partial charge in [0, 0.05) is 11.6 Å². The van der Waals surface area contributed by atoms with E-state index in [-0.39, 0.29) is 6.04 Å². The lowest BCUT2D eigenvalue weighted by Crippen LogP contribution is -2.22. The molecular weight excluding hydrogens is 318 g/mol. The van der Waals surface area contributed by atoms with Gasteiger partial charge in [0.2, 0.25) is 5.89 Å². The van der Waals surface area contributed by atoms with Gasteiger partial charge >= 0.3 is 0 Å². The summed E-state index contributed by atoms with van der Waals surface area (Å²) in [6, 6.07) is 11.8. The van der Waals surface area contributed by atoms with Crippen LogP contribution >= 0.6 is 22.9 Å². The SMILES string of the molecule is C[C@H](c1nnc(-c2cccs2)o1)N(C)Cc1ccccc1Cl. The van der Waals surface area contributed by atoms with E-state index < -0.39 is 0 Å². The van der Waals surface area contributed by atoms with Crippen molar-refractivity contribution in [2.45, 2.75) is 19.5 Å². The molecule has 6 heteroatoms. The fourth-order valence-electron chi connectivity index (χ4n) is 2.12. The summed E-state index contributed by atoms with van der Waals surface area (Å²) < 4.78 is 5.79. The van der Waals surface area contributed by atoms with Crippen LogP contribution in [-0.4, -0.2) is 22.1 Å². The van der Waals surface area contributed by atoms with Gasteiger partial charge in [0.15, 0.2) is 0 Å². The van der Waals surface area contributed by atoms with Crippen LogP contribution in [0.4, 0.5) is 0 Å². The summed E-state index contributed by atoms with van der Waals surface area (Å²) in [6.07, 6.45) is 0. The lowest BCUT2D eigenvalue weighted by Gasteiger charge is -2.22. The zero-order chi connectivity index (χ0) is 15.5. The highest BCUT2D eigenvalue weighted by Crippen LogP contribution is 2.27. The smallest absolute Gasteiger partial charge is 0.257 e. The van der Waals surface area contributed by atoms with Crippen molar-refractivity contribution in [1.29, 1.82) is 0 Å². The predicted octanol–water partition coefficient (Wildman–Crippen LogP) is 4.64. The summed E-state index contributed by atoms with van der Waals surface area (Å²) in [4.78, 5) is 3.12. The Morgan fingerprint density at radius 1 is 1.23 bits per heavy atom. The molecule has 0 saturated heterocycles. The molecule has 2 aromatic heterocycles. The Kier molecular flexibility index (Phi) is 4.57. The second-order valence-corrected chi connectivity index (χ2v) is 6.46. The first-order valence-electron chi connectivity index (χ1n) is 6.96. The molecule has 0 aliphatic rings. The zero-order valence-electron chi connectivity index (χ0n) is 12.4. The quantitative estimate of drug-likeness (QED) is 0.682. The fourth-order valence-corrected chi connectivity index (χ4v) is 2.96. The van der Waals surface area contributed by atoms with Crippen molar-refractivity contribution in [3.05, 3.63) is 58.3 Å². The van der Waals surface area contributed by atoms with Gasteiger partial charge in [-0.1, -0.05) is 35.9 Å². The van der Waals surface area contributed by atoms with Gasteiger partial charge in [-0.15, -0.1) is 21.5 Å². The summed E-state index contributed by atoms with van der Waals surface area (Å²) in [5.74, 6) is 1.18. The first kappa shape index (κ1) is 15.2. The number of halogens is 1. The molecule has 0 fully saturated rings. The third-order valence-electron chi connectivity index (χ3n) is 3.57. The number of hydrogen-bond acceptors (Lipinski definition) is 5. The minimum Gasteiger partial charge on any atom is -0.418 e. The zero-order valence-corrected chi connectivity index (χ0v) is 13.9. The number of aromatic nitrogens is 2. The number of benzene rings is 1. The van der Waals surface area contributed by atoms with Crippen LogP contribution in [0.1, 0.15) is 24.4 Å². The van der Waals surface area contributed by atoms with Crippen LogP contribution < -0.4 is 0 Å². The Balaban J connectivity index is 1.73. The first-order chi connectivity index (χ1) is 10.6.